The van der Waals surface area contributed by atoms with E-state index in [-0.39, 0.29) is 35.6 Å². The molecule has 3 rings (SSSR count). The van der Waals surface area contributed by atoms with Gasteiger partial charge in [0.15, 0.2) is 17.0 Å². The minimum absolute atomic E-state index is 0.00493. The second-order valence-electron chi connectivity index (χ2n) is 9.77. The smallest absolute Gasteiger partial charge is 0.303 e. The Balaban J connectivity index is 1.79. The first-order valence-corrected chi connectivity index (χ1v) is 11.3. The highest BCUT2D eigenvalue weighted by atomic mass is 16.4. The third-order valence-corrected chi connectivity index (χ3v) is 5.18. The summed E-state index contributed by atoms with van der Waals surface area (Å²) in [7, 11) is 0. The van der Waals surface area contributed by atoms with Crippen molar-refractivity contribution in [3.05, 3.63) is 41.7 Å². The van der Waals surface area contributed by atoms with Crippen molar-refractivity contribution in [3.8, 4) is 0 Å². The molecule has 0 saturated carbocycles. The quantitative estimate of drug-likeness (QED) is 0.356. The first kappa shape index (κ1) is 25.6. The minimum Gasteiger partial charge on any atom is -0.481 e. The normalized spacial score (nSPS) is 12.3. The van der Waals surface area contributed by atoms with Crippen LogP contribution in [0.1, 0.15) is 56.6 Å². The van der Waals surface area contributed by atoms with Gasteiger partial charge in [0.2, 0.25) is 5.95 Å². The highest BCUT2D eigenvalue weighted by molar-refractivity contribution is 5.94. The van der Waals surface area contributed by atoms with Crippen LogP contribution in [-0.4, -0.2) is 49.5 Å². The van der Waals surface area contributed by atoms with Crippen molar-refractivity contribution < 1.29 is 14.7 Å². The number of carboxylic acid groups (broad SMARTS) is 1. The van der Waals surface area contributed by atoms with Crippen molar-refractivity contribution in [2.75, 3.05) is 22.9 Å². The predicted octanol–water partition coefficient (Wildman–Crippen LogP) is 2.62. The molecule has 0 aliphatic heterocycles. The van der Waals surface area contributed by atoms with Crippen LogP contribution < -0.4 is 21.7 Å². The fourth-order valence-electron chi connectivity index (χ4n) is 3.61. The predicted molar refractivity (Wildman–Crippen MR) is 135 cm³/mol. The topological polar surface area (TPSA) is 173 Å². The molecule has 6 N–H and O–H groups in total. The summed E-state index contributed by atoms with van der Waals surface area (Å²) in [6.45, 7) is 9.39. The SMILES string of the molecule is CC(CCC(=O)O)NC(=O)c1ccc(N(Cc2cnc3nc(N)nc(N)c3n2)CC(C)(C)C)cc1. The van der Waals surface area contributed by atoms with Gasteiger partial charge in [-0.3, -0.25) is 9.59 Å². The number of aromatic nitrogens is 4. The Morgan fingerprint density at radius 2 is 1.80 bits per heavy atom. The van der Waals surface area contributed by atoms with Gasteiger partial charge < -0.3 is 26.8 Å². The molecule has 1 atom stereocenters. The molecular formula is C24H32N8O3. The van der Waals surface area contributed by atoms with Gasteiger partial charge in [0.25, 0.3) is 5.91 Å². The molecule has 0 radical (unpaired) electrons. The van der Waals surface area contributed by atoms with Crippen LogP contribution in [0.4, 0.5) is 17.5 Å². The van der Waals surface area contributed by atoms with E-state index >= 15 is 0 Å². The van der Waals surface area contributed by atoms with Gasteiger partial charge in [-0.2, -0.15) is 9.97 Å². The van der Waals surface area contributed by atoms with Crippen LogP contribution in [0.15, 0.2) is 30.5 Å². The number of fused-ring (bicyclic) bond motifs is 1. The fraction of sp³-hybridized carbons (Fsp3) is 0.417. The highest BCUT2D eigenvalue weighted by Gasteiger charge is 2.19. The van der Waals surface area contributed by atoms with Crippen LogP contribution in [0.25, 0.3) is 11.2 Å². The van der Waals surface area contributed by atoms with Crippen LogP contribution in [0, 0.1) is 5.41 Å². The van der Waals surface area contributed by atoms with E-state index in [2.05, 4.69) is 50.9 Å². The second-order valence-corrected chi connectivity index (χ2v) is 9.77. The van der Waals surface area contributed by atoms with Crippen molar-refractivity contribution in [2.24, 2.45) is 5.41 Å². The van der Waals surface area contributed by atoms with E-state index in [0.717, 1.165) is 12.2 Å². The number of carbonyl (C=O) groups is 2. The van der Waals surface area contributed by atoms with Crippen LogP contribution in [0.3, 0.4) is 0 Å². The van der Waals surface area contributed by atoms with Crippen molar-refractivity contribution in [1.29, 1.82) is 0 Å². The molecular weight excluding hydrogens is 448 g/mol. The zero-order valence-electron chi connectivity index (χ0n) is 20.4. The van der Waals surface area contributed by atoms with Crippen LogP contribution >= 0.6 is 0 Å². The summed E-state index contributed by atoms with van der Waals surface area (Å²) in [6.07, 6.45) is 2.02. The van der Waals surface area contributed by atoms with Gasteiger partial charge in [0, 0.05) is 30.3 Å². The molecule has 0 bridgehead atoms. The Morgan fingerprint density at radius 3 is 2.43 bits per heavy atom. The summed E-state index contributed by atoms with van der Waals surface area (Å²) in [5.41, 5.74) is 14.4. The number of carboxylic acids is 1. The highest BCUT2D eigenvalue weighted by Crippen LogP contribution is 2.25. The van der Waals surface area contributed by atoms with E-state index in [0.29, 0.717) is 35.4 Å². The van der Waals surface area contributed by atoms with E-state index in [1.165, 1.54) is 0 Å². The summed E-state index contributed by atoms with van der Waals surface area (Å²) >= 11 is 0. The molecule has 1 aromatic carbocycles. The lowest BCUT2D eigenvalue weighted by Crippen LogP contribution is -2.33. The molecule has 3 aromatic rings. The van der Waals surface area contributed by atoms with Gasteiger partial charge in [-0.15, -0.1) is 0 Å². The Bertz CT molecular complexity index is 1210. The number of benzene rings is 1. The van der Waals surface area contributed by atoms with Crippen LogP contribution in [-0.2, 0) is 11.3 Å². The largest absolute Gasteiger partial charge is 0.481 e. The number of aliphatic carboxylic acids is 1. The molecule has 11 nitrogen and oxygen atoms in total. The number of hydrogen-bond donors (Lipinski definition) is 4. The molecule has 0 aliphatic rings. The first-order valence-electron chi connectivity index (χ1n) is 11.3. The number of carbonyl (C=O) groups excluding carboxylic acids is 1. The third-order valence-electron chi connectivity index (χ3n) is 5.18. The van der Waals surface area contributed by atoms with E-state index in [9.17, 15) is 9.59 Å². The molecule has 2 heterocycles. The van der Waals surface area contributed by atoms with Crippen molar-refractivity contribution in [1.82, 2.24) is 25.3 Å². The summed E-state index contributed by atoms with van der Waals surface area (Å²) in [5, 5.41) is 11.7. The number of nitrogens with zero attached hydrogens (tertiary/aromatic N) is 5. The van der Waals surface area contributed by atoms with E-state index in [1.54, 1.807) is 25.3 Å². The Hall–Kier alpha value is -4.02. The fourth-order valence-corrected chi connectivity index (χ4v) is 3.61. The maximum atomic E-state index is 12.6. The van der Waals surface area contributed by atoms with Gasteiger partial charge >= 0.3 is 5.97 Å². The molecule has 0 saturated heterocycles. The zero-order chi connectivity index (χ0) is 25.8. The summed E-state index contributed by atoms with van der Waals surface area (Å²) in [5.74, 6) is -0.902. The Labute approximate surface area is 204 Å². The number of nitrogen functional groups attached to an aromatic ring is 2. The number of rotatable bonds is 9. The average molecular weight is 481 g/mol. The van der Waals surface area contributed by atoms with Gasteiger partial charge in [-0.1, -0.05) is 20.8 Å². The Kier molecular flexibility index (Phi) is 7.68. The van der Waals surface area contributed by atoms with Gasteiger partial charge in [-0.25, -0.2) is 9.97 Å². The molecule has 1 unspecified atom stereocenters. The molecule has 1 amide bonds. The van der Waals surface area contributed by atoms with Crippen LogP contribution in [0.2, 0.25) is 0 Å². The standard InChI is InChI=1S/C24H32N8O3/c1-14(5-10-18(33)34)28-22(35)15-6-8-17(9-7-15)32(13-24(2,3)4)12-16-11-27-21-19(29-16)20(25)30-23(26)31-21/h6-9,11,14H,5,10,12-13H2,1-4H3,(H,28,35)(H,33,34)(H4,25,26,27,30,31). The molecule has 2 aromatic heterocycles. The lowest BCUT2D eigenvalue weighted by Gasteiger charge is -2.31. The lowest BCUT2D eigenvalue weighted by molar-refractivity contribution is -0.137. The Morgan fingerprint density at radius 1 is 1.11 bits per heavy atom. The average Bonchev–Trinajstić information content (AvgIpc) is 2.77. The maximum Gasteiger partial charge on any atom is 0.303 e. The minimum atomic E-state index is -0.884. The number of hydrogen-bond acceptors (Lipinski definition) is 9. The monoisotopic (exact) mass is 480 g/mol. The number of nitrogens with two attached hydrogens (primary N) is 2. The molecule has 35 heavy (non-hydrogen) atoms. The summed E-state index contributed by atoms with van der Waals surface area (Å²) in [4.78, 5) is 42.4. The number of nitrogens with one attached hydrogen (secondary N) is 1. The number of amides is 1. The zero-order valence-corrected chi connectivity index (χ0v) is 20.4. The molecule has 186 valence electrons. The van der Waals surface area contributed by atoms with E-state index in [4.69, 9.17) is 16.6 Å². The first-order chi connectivity index (χ1) is 16.4. The second kappa shape index (κ2) is 10.5. The van der Waals surface area contributed by atoms with Crippen molar-refractivity contribution >= 4 is 40.5 Å². The van der Waals surface area contributed by atoms with Gasteiger partial charge in [0.1, 0.15) is 0 Å². The summed E-state index contributed by atoms with van der Waals surface area (Å²) < 4.78 is 0. The van der Waals surface area contributed by atoms with Crippen molar-refractivity contribution in [3.63, 3.8) is 0 Å². The maximum absolute atomic E-state index is 12.6. The molecule has 11 heteroatoms. The van der Waals surface area contributed by atoms with Crippen molar-refractivity contribution in [2.45, 2.75) is 53.1 Å². The lowest BCUT2D eigenvalue weighted by atomic mass is 9.95. The van der Waals surface area contributed by atoms with E-state index < -0.39 is 5.97 Å². The van der Waals surface area contributed by atoms with Crippen LogP contribution in [0.5, 0.6) is 0 Å². The number of anilines is 3. The van der Waals surface area contributed by atoms with Gasteiger partial charge in [0.05, 0.1) is 18.4 Å². The molecule has 0 aliphatic carbocycles. The summed E-state index contributed by atoms with van der Waals surface area (Å²) in [6, 6.07) is 7.04. The van der Waals surface area contributed by atoms with Gasteiger partial charge in [-0.05, 0) is 43.0 Å². The third kappa shape index (κ3) is 7.23. The van der Waals surface area contributed by atoms with E-state index in [1.807, 2.05) is 12.1 Å². The molecule has 0 spiro atoms. The molecule has 0 fully saturated rings.